The van der Waals surface area contributed by atoms with E-state index in [9.17, 15) is 0 Å². The second kappa shape index (κ2) is 4.07. The predicted octanol–water partition coefficient (Wildman–Crippen LogP) is 3.45. The Kier molecular flexibility index (Phi) is 2.79. The van der Waals surface area contributed by atoms with Crippen molar-refractivity contribution in [3.05, 3.63) is 35.7 Å². The van der Waals surface area contributed by atoms with E-state index in [1.807, 2.05) is 0 Å². The summed E-state index contributed by atoms with van der Waals surface area (Å²) in [6.07, 6.45) is 3.79. The molecule has 0 fully saturated rings. The zero-order chi connectivity index (χ0) is 9.97. The third-order valence-electron chi connectivity index (χ3n) is 1.95. The van der Waals surface area contributed by atoms with E-state index in [2.05, 4.69) is 40.5 Å². The van der Waals surface area contributed by atoms with E-state index in [0.717, 1.165) is 11.3 Å². The molecule has 72 valence electrons. The highest BCUT2D eigenvalue weighted by Gasteiger charge is 2.00. The number of benzene rings is 1. The van der Waals surface area contributed by atoms with Crippen LogP contribution in [-0.2, 0) is 0 Å². The Labute approximate surface area is 91.7 Å². The first kappa shape index (κ1) is 9.62. The van der Waals surface area contributed by atoms with E-state index in [1.54, 1.807) is 18.0 Å². The Hall–Kier alpha value is -0.930. The molecule has 0 bridgehead atoms. The maximum atomic E-state index is 5.70. The quantitative estimate of drug-likeness (QED) is 0.792. The molecule has 0 saturated carbocycles. The summed E-state index contributed by atoms with van der Waals surface area (Å²) in [7, 11) is 0. The molecule has 0 unspecified atom stereocenters. The molecule has 0 aliphatic heterocycles. The molecular formula is C10H9ClN2S. The lowest BCUT2D eigenvalue weighted by Crippen LogP contribution is -1.77. The summed E-state index contributed by atoms with van der Waals surface area (Å²) in [5.74, 6) is 0. The van der Waals surface area contributed by atoms with Crippen LogP contribution in [0.3, 0.4) is 0 Å². The number of hydrogen-bond acceptors (Lipinski definition) is 2. The minimum absolute atomic E-state index is 0.425. The first-order chi connectivity index (χ1) is 6.79. The predicted molar refractivity (Wildman–Crippen MR) is 60.8 cm³/mol. The van der Waals surface area contributed by atoms with Crippen molar-refractivity contribution in [2.75, 3.05) is 6.26 Å². The van der Waals surface area contributed by atoms with Crippen LogP contribution in [0.2, 0.25) is 5.28 Å². The summed E-state index contributed by atoms with van der Waals surface area (Å²) < 4.78 is 0. The molecule has 0 aliphatic rings. The van der Waals surface area contributed by atoms with E-state index < -0.39 is 0 Å². The summed E-state index contributed by atoms with van der Waals surface area (Å²) in [6.45, 7) is 0. The fraction of sp³-hybridized carbons (Fsp3) is 0.100. The topological polar surface area (TPSA) is 28.7 Å². The Morgan fingerprint density at radius 1 is 1.29 bits per heavy atom. The SMILES string of the molecule is CSc1ccc(-c2cnc(Cl)[nH]2)cc1. The van der Waals surface area contributed by atoms with Gasteiger partial charge in [-0.1, -0.05) is 12.1 Å². The van der Waals surface area contributed by atoms with Gasteiger partial charge in [0.25, 0.3) is 0 Å². The molecule has 1 aromatic carbocycles. The number of thioether (sulfide) groups is 1. The van der Waals surface area contributed by atoms with Gasteiger partial charge in [-0.3, -0.25) is 0 Å². The van der Waals surface area contributed by atoms with Crippen LogP contribution >= 0.6 is 23.4 Å². The first-order valence-corrected chi connectivity index (χ1v) is 5.75. The zero-order valence-corrected chi connectivity index (χ0v) is 9.19. The molecule has 14 heavy (non-hydrogen) atoms. The number of H-pyrrole nitrogens is 1. The van der Waals surface area contributed by atoms with Crippen molar-refractivity contribution in [3.8, 4) is 11.3 Å². The number of aromatic nitrogens is 2. The zero-order valence-electron chi connectivity index (χ0n) is 7.62. The van der Waals surface area contributed by atoms with Gasteiger partial charge in [-0.15, -0.1) is 11.8 Å². The standard InChI is InChI=1S/C10H9ClN2S/c1-14-8-4-2-7(3-5-8)9-6-12-10(11)13-9/h2-6H,1H3,(H,12,13). The Balaban J connectivity index is 2.33. The molecule has 0 atom stereocenters. The number of rotatable bonds is 2. The van der Waals surface area contributed by atoms with Crippen LogP contribution in [0, 0.1) is 0 Å². The molecule has 0 amide bonds. The van der Waals surface area contributed by atoms with E-state index in [0.29, 0.717) is 5.28 Å². The summed E-state index contributed by atoms with van der Waals surface area (Å²) in [6, 6.07) is 8.26. The van der Waals surface area contributed by atoms with Crippen LogP contribution in [0.15, 0.2) is 35.4 Å². The van der Waals surface area contributed by atoms with Crippen molar-refractivity contribution in [1.82, 2.24) is 9.97 Å². The average molecular weight is 225 g/mol. The van der Waals surface area contributed by atoms with Crippen LogP contribution < -0.4 is 0 Å². The molecule has 1 heterocycles. The molecule has 0 saturated heterocycles. The second-order valence-electron chi connectivity index (χ2n) is 2.82. The molecule has 2 aromatic rings. The van der Waals surface area contributed by atoms with E-state index in [1.165, 1.54) is 4.90 Å². The molecule has 0 radical (unpaired) electrons. The summed E-state index contributed by atoms with van der Waals surface area (Å²) >= 11 is 7.42. The van der Waals surface area contributed by atoms with Crippen molar-refractivity contribution in [3.63, 3.8) is 0 Å². The Morgan fingerprint density at radius 2 is 2.00 bits per heavy atom. The second-order valence-corrected chi connectivity index (χ2v) is 4.05. The third kappa shape index (κ3) is 1.94. The highest BCUT2D eigenvalue weighted by molar-refractivity contribution is 7.98. The van der Waals surface area contributed by atoms with Crippen LogP contribution in [0.5, 0.6) is 0 Å². The van der Waals surface area contributed by atoms with E-state index in [4.69, 9.17) is 11.6 Å². The number of nitrogens with zero attached hydrogens (tertiary/aromatic N) is 1. The maximum Gasteiger partial charge on any atom is 0.200 e. The largest absolute Gasteiger partial charge is 0.329 e. The van der Waals surface area contributed by atoms with Crippen molar-refractivity contribution in [1.29, 1.82) is 0 Å². The minimum Gasteiger partial charge on any atom is -0.329 e. The van der Waals surface area contributed by atoms with Gasteiger partial charge in [-0.05, 0) is 35.6 Å². The van der Waals surface area contributed by atoms with Gasteiger partial charge >= 0.3 is 0 Å². The van der Waals surface area contributed by atoms with Crippen LogP contribution in [0.4, 0.5) is 0 Å². The molecule has 4 heteroatoms. The normalized spacial score (nSPS) is 10.4. The van der Waals surface area contributed by atoms with E-state index >= 15 is 0 Å². The van der Waals surface area contributed by atoms with Crippen LogP contribution in [0.1, 0.15) is 0 Å². The lowest BCUT2D eigenvalue weighted by Gasteiger charge is -1.98. The summed E-state index contributed by atoms with van der Waals surface area (Å²) in [5, 5.41) is 0.425. The molecule has 0 aliphatic carbocycles. The smallest absolute Gasteiger partial charge is 0.200 e. The van der Waals surface area contributed by atoms with Crippen molar-refractivity contribution in [2.24, 2.45) is 0 Å². The molecular weight excluding hydrogens is 216 g/mol. The van der Waals surface area contributed by atoms with Gasteiger partial charge in [0.05, 0.1) is 11.9 Å². The lowest BCUT2D eigenvalue weighted by molar-refractivity contribution is 1.31. The van der Waals surface area contributed by atoms with Gasteiger partial charge in [0, 0.05) is 4.90 Å². The number of hydrogen-bond donors (Lipinski definition) is 1. The average Bonchev–Trinajstić information content (AvgIpc) is 2.65. The minimum atomic E-state index is 0.425. The number of nitrogens with one attached hydrogen (secondary N) is 1. The van der Waals surface area contributed by atoms with Gasteiger partial charge < -0.3 is 4.98 Å². The van der Waals surface area contributed by atoms with Gasteiger partial charge in [0.15, 0.2) is 5.28 Å². The van der Waals surface area contributed by atoms with Crippen molar-refractivity contribution in [2.45, 2.75) is 4.90 Å². The van der Waals surface area contributed by atoms with Crippen molar-refractivity contribution >= 4 is 23.4 Å². The molecule has 2 rings (SSSR count). The van der Waals surface area contributed by atoms with Gasteiger partial charge in [-0.2, -0.15) is 0 Å². The van der Waals surface area contributed by atoms with Gasteiger partial charge in [-0.25, -0.2) is 4.98 Å². The van der Waals surface area contributed by atoms with E-state index in [-0.39, 0.29) is 0 Å². The maximum absolute atomic E-state index is 5.70. The molecule has 2 nitrogen and oxygen atoms in total. The third-order valence-corrected chi connectivity index (χ3v) is 2.88. The molecule has 0 spiro atoms. The highest BCUT2D eigenvalue weighted by Crippen LogP contribution is 2.22. The first-order valence-electron chi connectivity index (χ1n) is 4.14. The monoisotopic (exact) mass is 224 g/mol. The number of aromatic amines is 1. The highest BCUT2D eigenvalue weighted by atomic mass is 35.5. The van der Waals surface area contributed by atoms with Gasteiger partial charge in [0.2, 0.25) is 0 Å². The number of halogens is 1. The lowest BCUT2D eigenvalue weighted by atomic mass is 10.2. The Morgan fingerprint density at radius 3 is 2.50 bits per heavy atom. The number of imidazole rings is 1. The summed E-state index contributed by atoms with van der Waals surface area (Å²) in [4.78, 5) is 8.17. The summed E-state index contributed by atoms with van der Waals surface area (Å²) in [5.41, 5.74) is 2.05. The van der Waals surface area contributed by atoms with Gasteiger partial charge in [0.1, 0.15) is 0 Å². The fourth-order valence-corrected chi connectivity index (χ4v) is 1.77. The van der Waals surface area contributed by atoms with Crippen LogP contribution in [0.25, 0.3) is 11.3 Å². The molecule has 1 N–H and O–H groups in total. The van der Waals surface area contributed by atoms with Crippen LogP contribution in [-0.4, -0.2) is 16.2 Å². The van der Waals surface area contributed by atoms with Crippen molar-refractivity contribution < 1.29 is 0 Å². The fourth-order valence-electron chi connectivity index (χ4n) is 1.21. The molecule has 1 aromatic heterocycles. The Bertz CT molecular complexity index is 422.